The lowest BCUT2D eigenvalue weighted by Gasteiger charge is -2.35. The van der Waals surface area contributed by atoms with Crippen molar-refractivity contribution in [3.05, 3.63) is 78.1 Å². The fraction of sp³-hybridized carbons (Fsp3) is 0.240. The van der Waals surface area contributed by atoms with Gasteiger partial charge in [-0.15, -0.1) is 0 Å². The lowest BCUT2D eigenvalue weighted by atomic mass is 9.95. The molecule has 1 saturated heterocycles. The molecule has 3 heterocycles. The Morgan fingerprint density at radius 1 is 1.12 bits per heavy atom. The molecule has 1 atom stereocenters. The number of likely N-dealkylation sites (tertiary alicyclic amines) is 1. The number of hydrogen-bond donors (Lipinski definition) is 1. The van der Waals surface area contributed by atoms with Crippen LogP contribution in [0.2, 0.25) is 0 Å². The van der Waals surface area contributed by atoms with Crippen LogP contribution in [0, 0.1) is 5.82 Å². The van der Waals surface area contributed by atoms with Gasteiger partial charge in [0.05, 0.1) is 6.20 Å². The number of nitrogens with zero attached hydrogens (tertiary/aromatic N) is 2. The average molecular weight is 431 g/mol. The molecule has 0 saturated carbocycles. The molecule has 7 heteroatoms. The summed E-state index contributed by atoms with van der Waals surface area (Å²) < 4.78 is 19.0. The van der Waals surface area contributed by atoms with Crippen molar-refractivity contribution in [3.8, 4) is 11.1 Å². The maximum Gasteiger partial charge on any atom is 0.272 e. The van der Waals surface area contributed by atoms with Crippen LogP contribution >= 0.6 is 0 Å². The molecule has 1 aliphatic heterocycles. The molecule has 6 nitrogen and oxygen atoms in total. The molecule has 1 unspecified atom stereocenters. The number of H-pyrrole nitrogens is 1. The molecule has 0 radical (unpaired) electrons. The number of carbonyl (C=O) groups is 2. The minimum atomic E-state index is -0.342. The Morgan fingerprint density at radius 2 is 1.94 bits per heavy atom. The Balaban J connectivity index is 1.38. The van der Waals surface area contributed by atoms with E-state index in [0.717, 1.165) is 24.6 Å². The van der Waals surface area contributed by atoms with E-state index in [9.17, 15) is 14.0 Å². The summed E-state index contributed by atoms with van der Waals surface area (Å²) in [5.74, 6) is -0.346. The number of para-hydroxylation sites is 1. The fourth-order valence-electron chi connectivity index (χ4n) is 4.36. The van der Waals surface area contributed by atoms with Crippen LogP contribution in [0.15, 0.2) is 65.2 Å². The van der Waals surface area contributed by atoms with Crippen molar-refractivity contribution in [2.45, 2.75) is 31.7 Å². The number of halogens is 1. The number of Topliss-reactive ketones (excluding diaryl/α,β-unsaturated/α-hetero) is 1. The molecule has 4 aromatic rings. The van der Waals surface area contributed by atoms with Gasteiger partial charge in [-0.3, -0.25) is 14.7 Å². The molecule has 2 aromatic heterocycles. The molecule has 1 fully saturated rings. The number of piperidine rings is 1. The zero-order valence-electron chi connectivity index (χ0n) is 17.4. The van der Waals surface area contributed by atoms with Crippen LogP contribution in [0.25, 0.3) is 22.1 Å². The number of hydrogen-bond acceptors (Lipinski definition) is 4. The standard InChI is InChI=1S/C25H22FN3O3/c26-18-10-8-16(9-11-18)20-15-27-28-24(20)25(31)29-12-4-3-6-19(29)14-21(30)23-13-17-5-1-2-7-22(17)32-23/h1-2,5,7-11,13,15,19H,3-4,6,12,14H2,(H,27,28). The minimum absolute atomic E-state index is 0.116. The van der Waals surface area contributed by atoms with Gasteiger partial charge in [-0.05, 0) is 49.1 Å². The average Bonchev–Trinajstić information content (AvgIpc) is 3.47. The molecule has 0 bridgehead atoms. The SMILES string of the molecule is O=C(CC1CCCCN1C(=O)c1[nH]ncc1-c1ccc(F)cc1)c1cc2ccccc2o1. The Hall–Kier alpha value is -3.74. The molecular formula is C25H22FN3O3. The monoisotopic (exact) mass is 431 g/mol. The minimum Gasteiger partial charge on any atom is -0.453 e. The molecule has 0 spiro atoms. The number of fused-ring (bicyclic) bond motifs is 1. The van der Waals surface area contributed by atoms with E-state index in [2.05, 4.69) is 10.2 Å². The predicted molar refractivity (Wildman–Crippen MR) is 118 cm³/mol. The summed E-state index contributed by atoms with van der Waals surface area (Å²) in [6, 6.07) is 15.0. The number of ketones is 1. The summed E-state index contributed by atoms with van der Waals surface area (Å²) in [6.45, 7) is 0.568. The molecule has 1 aliphatic rings. The highest BCUT2D eigenvalue weighted by atomic mass is 19.1. The van der Waals surface area contributed by atoms with Crippen LogP contribution in [0.1, 0.15) is 46.7 Å². The number of nitrogens with one attached hydrogen (secondary N) is 1. The van der Waals surface area contributed by atoms with E-state index in [1.165, 1.54) is 12.1 Å². The second-order valence-electron chi connectivity index (χ2n) is 8.09. The van der Waals surface area contributed by atoms with Gasteiger partial charge in [0.1, 0.15) is 17.1 Å². The largest absolute Gasteiger partial charge is 0.453 e. The Morgan fingerprint density at radius 3 is 2.75 bits per heavy atom. The molecule has 32 heavy (non-hydrogen) atoms. The molecule has 1 amide bonds. The van der Waals surface area contributed by atoms with Gasteiger partial charge in [-0.2, -0.15) is 5.10 Å². The summed E-state index contributed by atoms with van der Waals surface area (Å²) in [5.41, 5.74) is 2.34. The van der Waals surface area contributed by atoms with Gasteiger partial charge in [0, 0.05) is 30.0 Å². The number of carbonyl (C=O) groups excluding carboxylic acids is 2. The first-order valence-corrected chi connectivity index (χ1v) is 10.7. The third-order valence-electron chi connectivity index (χ3n) is 6.02. The summed E-state index contributed by atoms with van der Waals surface area (Å²) >= 11 is 0. The van der Waals surface area contributed by atoms with Gasteiger partial charge in [-0.1, -0.05) is 30.3 Å². The molecule has 162 valence electrons. The zero-order valence-corrected chi connectivity index (χ0v) is 17.4. The summed E-state index contributed by atoms with van der Waals surface area (Å²) in [7, 11) is 0. The quantitative estimate of drug-likeness (QED) is 0.439. The third-order valence-corrected chi connectivity index (χ3v) is 6.02. The van der Waals surface area contributed by atoms with Crippen molar-refractivity contribution < 1.29 is 18.4 Å². The van der Waals surface area contributed by atoms with Gasteiger partial charge in [0.2, 0.25) is 0 Å². The number of rotatable bonds is 5. The van der Waals surface area contributed by atoms with Crippen LogP contribution < -0.4 is 0 Å². The summed E-state index contributed by atoms with van der Waals surface area (Å²) in [5, 5.41) is 7.73. The van der Waals surface area contributed by atoms with E-state index >= 15 is 0 Å². The third kappa shape index (κ3) is 3.82. The maximum atomic E-state index is 13.4. The number of aromatic nitrogens is 2. The second-order valence-corrected chi connectivity index (χ2v) is 8.09. The molecule has 1 N–H and O–H groups in total. The van der Waals surface area contributed by atoms with Gasteiger partial charge >= 0.3 is 0 Å². The van der Waals surface area contributed by atoms with E-state index in [-0.39, 0.29) is 30.0 Å². The van der Waals surface area contributed by atoms with E-state index in [1.54, 1.807) is 29.3 Å². The van der Waals surface area contributed by atoms with Gasteiger partial charge in [0.25, 0.3) is 5.91 Å². The van der Waals surface area contributed by atoms with Gasteiger partial charge in [0.15, 0.2) is 11.5 Å². The highest BCUT2D eigenvalue weighted by Gasteiger charge is 2.32. The van der Waals surface area contributed by atoms with Gasteiger partial charge < -0.3 is 9.32 Å². The smallest absolute Gasteiger partial charge is 0.272 e. The summed E-state index contributed by atoms with van der Waals surface area (Å²) in [6.07, 6.45) is 4.35. The van der Waals surface area contributed by atoms with E-state index in [4.69, 9.17) is 4.42 Å². The lowest BCUT2D eigenvalue weighted by molar-refractivity contribution is 0.0580. The molecular weight excluding hydrogens is 409 g/mol. The normalized spacial score (nSPS) is 16.4. The topological polar surface area (TPSA) is 79.2 Å². The number of aromatic amines is 1. The van der Waals surface area contributed by atoms with E-state index in [1.807, 2.05) is 24.3 Å². The Labute approximate surface area is 184 Å². The van der Waals surface area contributed by atoms with Crippen molar-refractivity contribution in [2.75, 3.05) is 6.54 Å². The van der Waals surface area contributed by atoms with Crippen molar-refractivity contribution >= 4 is 22.7 Å². The Bertz CT molecular complexity index is 1240. The van der Waals surface area contributed by atoms with Crippen LogP contribution in [0.4, 0.5) is 4.39 Å². The predicted octanol–water partition coefficient (Wildman–Crippen LogP) is 5.23. The van der Waals surface area contributed by atoms with E-state index < -0.39 is 0 Å². The number of amides is 1. The first-order valence-electron chi connectivity index (χ1n) is 10.7. The van der Waals surface area contributed by atoms with Crippen LogP contribution in [-0.2, 0) is 0 Å². The van der Waals surface area contributed by atoms with Crippen LogP contribution in [0.3, 0.4) is 0 Å². The highest BCUT2D eigenvalue weighted by Crippen LogP contribution is 2.28. The molecule has 0 aliphatic carbocycles. The zero-order chi connectivity index (χ0) is 22.1. The van der Waals surface area contributed by atoms with Crippen LogP contribution in [-0.4, -0.2) is 39.4 Å². The summed E-state index contributed by atoms with van der Waals surface area (Å²) in [4.78, 5) is 28.2. The first-order chi connectivity index (χ1) is 15.6. The second kappa shape index (κ2) is 8.42. The highest BCUT2D eigenvalue weighted by molar-refractivity contribution is 6.01. The van der Waals surface area contributed by atoms with Crippen molar-refractivity contribution in [2.24, 2.45) is 0 Å². The van der Waals surface area contributed by atoms with E-state index in [0.29, 0.717) is 34.7 Å². The fourth-order valence-corrected chi connectivity index (χ4v) is 4.36. The van der Waals surface area contributed by atoms with Crippen molar-refractivity contribution in [3.63, 3.8) is 0 Å². The maximum absolute atomic E-state index is 13.4. The first kappa shape index (κ1) is 20.2. The molecule has 2 aromatic carbocycles. The number of furan rings is 1. The van der Waals surface area contributed by atoms with Crippen LogP contribution in [0.5, 0.6) is 0 Å². The Kier molecular flexibility index (Phi) is 5.31. The molecule has 5 rings (SSSR count). The number of benzene rings is 2. The lowest BCUT2D eigenvalue weighted by Crippen LogP contribution is -2.45. The van der Waals surface area contributed by atoms with Gasteiger partial charge in [-0.25, -0.2) is 4.39 Å². The van der Waals surface area contributed by atoms with Crippen molar-refractivity contribution in [1.29, 1.82) is 0 Å². The van der Waals surface area contributed by atoms with Crippen molar-refractivity contribution in [1.82, 2.24) is 15.1 Å².